The van der Waals surface area contributed by atoms with Crippen molar-refractivity contribution < 1.29 is 18.3 Å². The summed E-state index contributed by atoms with van der Waals surface area (Å²) in [5.74, 6) is -1.04. The molecule has 0 atom stereocenters. The second kappa shape index (κ2) is 5.86. The van der Waals surface area contributed by atoms with Crippen LogP contribution in [0.4, 0.5) is 5.13 Å². The highest BCUT2D eigenvalue weighted by molar-refractivity contribution is 7.95. The number of halogens is 2. The summed E-state index contributed by atoms with van der Waals surface area (Å²) in [6, 6.07) is 1.24. The fourth-order valence-corrected chi connectivity index (χ4v) is 5.06. The van der Waals surface area contributed by atoms with E-state index in [2.05, 4.69) is 9.71 Å². The predicted molar refractivity (Wildman–Crippen MR) is 78.6 cm³/mol. The van der Waals surface area contributed by atoms with Gasteiger partial charge in [0, 0.05) is 5.38 Å². The quantitative estimate of drug-likeness (QED) is 0.840. The first-order valence-electron chi connectivity index (χ1n) is 4.92. The van der Waals surface area contributed by atoms with Crippen molar-refractivity contribution in [2.24, 2.45) is 0 Å². The molecule has 2 aromatic rings. The van der Waals surface area contributed by atoms with Gasteiger partial charge < -0.3 is 5.11 Å². The molecule has 0 aromatic carbocycles. The van der Waals surface area contributed by atoms with Crippen molar-refractivity contribution in [2.75, 3.05) is 4.72 Å². The lowest BCUT2D eigenvalue weighted by atomic mass is 10.3. The standard InChI is InChI=1S/C9H6Cl2N2O4S3/c10-5-2-7(19-8(5)11)20(16,17)13-9-12-4(3-18-9)1-6(14)15/h2-3H,1H2,(H,12,13)(H,14,15). The second-order valence-corrected chi connectivity index (χ2v) is 8.34. The Balaban J connectivity index is 2.20. The van der Waals surface area contributed by atoms with Gasteiger partial charge in [-0.25, -0.2) is 13.4 Å². The van der Waals surface area contributed by atoms with Crippen molar-refractivity contribution in [3.05, 3.63) is 26.5 Å². The molecule has 0 spiro atoms. The molecule has 0 aliphatic rings. The number of nitrogens with one attached hydrogen (secondary N) is 1. The van der Waals surface area contributed by atoms with Crippen LogP contribution in [0.2, 0.25) is 9.36 Å². The lowest BCUT2D eigenvalue weighted by molar-refractivity contribution is -0.136. The fraction of sp³-hybridized carbons (Fsp3) is 0.111. The molecule has 2 N–H and O–H groups in total. The summed E-state index contributed by atoms with van der Waals surface area (Å²) >= 11 is 13.2. The smallest absolute Gasteiger partial charge is 0.309 e. The van der Waals surface area contributed by atoms with E-state index in [1.54, 1.807) is 0 Å². The summed E-state index contributed by atoms with van der Waals surface area (Å²) in [7, 11) is -3.83. The van der Waals surface area contributed by atoms with Crippen LogP contribution in [0, 0.1) is 0 Å². The lowest BCUT2D eigenvalue weighted by Crippen LogP contribution is -2.11. The Morgan fingerprint density at radius 3 is 2.70 bits per heavy atom. The van der Waals surface area contributed by atoms with E-state index in [0.29, 0.717) is 0 Å². The highest BCUT2D eigenvalue weighted by Gasteiger charge is 2.20. The number of carboxylic acids is 1. The van der Waals surface area contributed by atoms with Gasteiger partial charge in [0.1, 0.15) is 8.55 Å². The van der Waals surface area contributed by atoms with Crippen molar-refractivity contribution in [3.8, 4) is 0 Å². The molecule has 0 saturated heterocycles. The number of carbonyl (C=O) groups is 1. The lowest BCUT2D eigenvalue weighted by Gasteiger charge is -2.01. The maximum atomic E-state index is 12.0. The molecule has 0 saturated carbocycles. The van der Waals surface area contributed by atoms with Crippen molar-refractivity contribution in [1.29, 1.82) is 0 Å². The van der Waals surface area contributed by atoms with E-state index in [1.165, 1.54) is 11.4 Å². The first kappa shape index (κ1) is 15.5. The van der Waals surface area contributed by atoms with Gasteiger partial charge in [-0.15, -0.1) is 22.7 Å². The molecule has 0 fully saturated rings. The van der Waals surface area contributed by atoms with Crippen LogP contribution in [0.1, 0.15) is 5.69 Å². The van der Waals surface area contributed by atoms with E-state index < -0.39 is 16.0 Å². The van der Waals surface area contributed by atoms with Gasteiger partial charge in [0.25, 0.3) is 10.0 Å². The summed E-state index contributed by atoms with van der Waals surface area (Å²) in [4.78, 5) is 14.4. The van der Waals surface area contributed by atoms with Crippen LogP contribution in [0.5, 0.6) is 0 Å². The summed E-state index contributed by atoms with van der Waals surface area (Å²) in [5.41, 5.74) is 0.280. The average Bonchev–Trinajstić information content (AvgIpc) is 2.86. The number of thiazole rings is 1. The van der Waals surface area contributed by atoms with E-state index in [1.807, 2.05) is 0 Å². The Morgan fingerprint density at radius 1 is 1.45 bits per heavy atom. The molecule has 6 nitrogen and oxygen atoms in total. The Morgan fingerprint density at radius 2 is 2.15 bits per heavy atom. The molecular weight excluding hydrogens is 367 g/mol. The van der Waals surface area contributed by atoms with Gasteiger partial charge >= 0.3 is 5.97 Å². The van der Waals surface area contributed by atoms with E-state index in [-0.39, 0.29) is 30.8 Å². The molecule has 11 heteroatoms. The highest BCUT2D eigenvalue weighted by atomic mass is 35.5. The van der Waals surface area contributed by atoms with Crippen molar-refractivity contribution in [3.63, 3.8) is 0 Å². The summed E-state index contributed by atoms with van der Waals surface area (Å²) < 4.78 is 26.4. The topological polar surface area (TPSA) is 96.4 Å². The van der Waals surface area contributed by atoms with E-state index in [0.717, 1.165) is 22.7 Å². The van der Waals surface area contributed by atoms with E-state index in [9.17, 15) is 13.2 Å². The molecule has 2 rings (SSSR count). The number of hydrogen-bond acceptors (Lipinski definition) is 6. The molecular formula is C9H6Cl2N2O4S3. The molecule has 0 aliphatic carbocycles. The van der Waals surface area contributed by atoms with Gasteiger partial charge in [-0.3, -0.25) is 9.52 Å². The van der Waals surface area contributed by atoms with Crippen LogP contribution in [0.25, 0.3) is 0 Å². The number of anilines is 1. The minimum Gasteiger partial charge on any atom is -0.481 e. The third-order valence-corrected chi connectivity index (χ3v) is 6.61. The molecule has 2 aromatic heterocycles. The SMILES string of the molecule is O=C(O)Cc1csc(NS(=O)(=O)c2cc(Cl)c(Cl)s2)n1. The zero-order valence-corrected chi connectivity index (χ0v) is 13.4. The Bertz CT molecular complexity index is 734. The van der Waals surface area contributed by atoms with E-state index in [4.69, 9.17) is 28.3 Å². The molecule has 0 amide bonds. The molecule has 20 heavy (non-hydrogen) atoms. The average molecular weight is 373 g/mol. The number of thiophene rings is 1. The Kier molecular flexibility index (Phi) is 4.55. The van der Waals surface area contributed by atoms with Crippen LogP contribution in [-0.4, -0.2) is 24.5 Å². The maximum absolute atomic E-state index is 12.0. The molecule has 2 heterocycles. The third kappa shape index (κ3) is 3.61. The van der Waals surface area contributed by atoms with Crippen molar-refractivity contribution in [2.45, 2.75) is 10.6 Å². The number of hydrogen-bond donors (Lipinski definition) is 2. The normalized spacial score (nSPS) is 11.5. The van der Waals surface area contributed by atoms with Gasteiger partial charge in [-0.05, 0) is 6.07 Å². The van der Waals surface area contributed by atoms with Crippen LogP contribution in [0.3, 0.4) is 0 Å². The second-order valence-electron chi connectivity index (χ2n) is 3.51. The Labute approximate surface area is 132 Å². The van der Waals surface area contributed by atoms with Gasteiger partial charge in [0.15, 0.2) is 5.13 Å². The van der Waals surface area contributed by atoms with E-state index >= 15 is 0 Å². The van der Waals surface area contributed by atoms with Gasteiger partial charge in [0.2, 0.25) is 0 Å². The minimum absolute atomic E-state index is 0.0394. The minimum atomic E-state index is -3.83. The number of sulfonamides is 1. The number of carboxylic acid groups (broad SMARTS) is 1. The molecule has 0 bridgehead atoms. The van der Waals surface area contributed by atoms with Crippen molar-refractivity contribution in [1.82, 2.24) is 4.98 Å². The number of nitrogens with zero attached hydrogens (tertiary/aromatic N) is 1. The number of aliphatic carboxylic acids is 1. The Hall–Kier alpha value is -0.870. The summed E-state index contributed by atoms with van der Waals surface area (Å²) in [6.07, 6.45) is -0.269. The highest BCUT2D eigenvalue weighted by Crippen LogP contribution is 2.35. The maximum Gasteiger partial charge on any atom is 0.309 e. The van der Waals surface area contributed by atoms with Crippen LogP contribution in [0.15, 0.2) is 15.7 Å². The van der Waals surface area contributed by atoms with Gasteiger partial charge in [0.05, 0.1) is 17.1 Å². The summed E-state index contributed by atoms with van der Waals surface area (Å²) in [6.45, 7) is 0. The molecule has 0 aliphatic heterocycles. The number of aromatic nitrogens is 1. The fourth-order valence-electron chi connectivity index (χ4n) is 1.21. The largest absolute Gasteiger partial charge is 0.481 e. The van der Waals surface area contributed by atoms with Crippen LogP contribution < -0.4 is 4.72 Å². The molecule has 108 valence electrons. The van der Waals surface area contributed by atoms with Crippen LogP contribution >= 0.6 is 45.9 Å². The zero-order valence-electron chi connectivity index (χ0n) is 9.46. The van der Waals surface area contributed by atoms with Gasteiger partial charge in [-0.1, -0.05) is 23.2 Å². The zero-order chi connectivity index (χ0) is 14.9. The third-order valence-electron chi connectivity index (χ3n) is 1.99. The molecule has 0 radical (unpaired) electrons. The van der Waals surface area contributed by atoms with Crippen LogP contribution in [-0.2, 0) is 21.2 Å². The predicted octanol–water partition coefficient (Wildman–Crippen LogP) is 2.94. The number of rotatable bonds is 5. The first-order chi connectivity index (χ1) is 9.28. The summed E-state index contributed by atoms with van der Waals surface area (Å²) in [5, 5.41) is 10.3. The van der Waals surface area contributed by atoms with Gasteiger partial charge in [-0.2, -0.15) is 0 Å². The molecule has 0 unspecified atom stereocenters. The monoisotopic (exact) mass is 372 g/mol. The first-order valence-corrected chi connectivity index (χ1v) is 8.85. The van der Waals surface area contributed by atoms with Crippen molar-refractivity contribution >= 4 is 67.0 Å².